The second-order valence-corrected chi connectivity index (χ2v) is 2.84. The summed E-state index contributed by atoms with van der Waals surface area (Å²) in [5.41, 5.74) is 2.24. The van der Waals surface area contributed by atoms with Gasteiger partial charge in [-0.15, -0.1) is 0 Å². The van der Waals surface area contributed by atoms with E-state index in [1.807, 2.05) is 6.92 Å². The molecular weight excluding hydrogens is 164 g/mol. The first-order chi connectivity index (χ1) is 6.15. The minimum atomic E-state index is 0.205. The van der Waals surface area contributed by atoms with Gasteiger partial charge in [-0.2, -0.15) is 0 Å². The Balaban J connectivity index is 2.90. The summed E-state index contributed by atoms with van der Waals surface area (Å²) in [5, 5.41) is 12.4. The van der Waals surface area contributed by atoms with Crippen molar-refractivity contribution in [1.82, 2.24) is 10.3 Å². The molecule has 13 heavy (non-hydrogen) atoms. The maximum Gasteiger partial charge on any atom is 0.137 e. The van der Waals surface area contributed by atoms with Crippen LogP contribution < -0.4 is 5.32 Å². The Kier molecular flexibility index (Phi) is 2.90. The van der Waals surface area contributed by atoms with Crippen LogP contribution >= 0.6 is 0 Å². The maximum absolute atomic E-state index is 9.39. The van der Waals surface area contributed by atoms with Crippen LogP contribution in [0.4, 0.5) is 0 Å². The molecular formula is C10H14N2O. The van der Waals surface area contributed by atoms with E-state index in [1.165, 1.54) is 0 Å². The highest BCUT2D eigenvalue weighted by atomic mass is 16.3. The van der Waals surface area contributed by atoms with Crippen molar-refractivity contribution in [2.45, 2.75) is 13.8 Å². The fourth-order valence-corrected chi connectivity index (χ4v) is 1.00. The highest BCUT2D eigenvalue weighted by molar-refractivity contribution is 5.62. The lowest BCUT2D eigenvalue weighted by atomic mass is 10.2. The third-order valence-electron chi connectivity index (χ3n) is 1.80. The zero-order valence-corrected chi connectivity index (χ0v) is 7.96. The molecule has 3 nitrogen and oxygen atoms in total. The predicted molar refractivity (Wildman–Crippen MR) is 53.3 cm³/mol. The third-order valence-corrected chi connectivity index (χ3v) is 1.80. The molecule has 2 N–H and O–H groups in total. The molecule has 0 aliphatic rings. The van der Waals surface area contributed by atoms with E-state index >= 15 is 0 Å². The summed E-state index contributed by atoms with van der Waals surface area (Å²) in [4.78, 5) is 4.03. The zero-order valence-electron chi connectivity index (χ0n) is 7.96. The first kappa shape index (κ1) is 9.58. The Morgan fingerprint density at radius 2 is 2.38 bits per heavy atom. The third kappa shape index (κ3) is 2.21. The number of pyridine rings is 1. The zero-order chi connectivity index (χ0) is 9.84. The maximum atomic E-state index is 9.39. The van der Waals surface area contributed by atoms with Crippen LogP contribution in [-0.4, -0.2) is 16.6 Å². The average Bonchev–Trinajstić information content (AvgIpc) is 2.10. The van der Waals surface area contributed by atoms with E-state index in [-0.39, 0.29) is 5.75 Å². The van der Waals surface area contributed by atoms with E-state index in [2.05, 4.69) is 16.9 Å². The quantitative estimate of drug-likeness (QED) is 0.740. The number of aryl methyl sites for hydroxylation is 1. The van der Waals surface area contributed by atoms with E-state index in [0.29, 0.717) is 5.69 Å². The van der Waals surface area contributed by atoms with E-state index in [1.54, 1.807) is 19.2 Å². The van der Waals surface area contributed by atoms with Crippen LogP contribution in [0.5, 0.6) is 5.75 Å². The molecule has 0 bridgehead atoms. The molecule has 1 aromatic heterocycles. The summed E-state index contributed by atoms with van der Waals surface area (Å²) in [6.45, 7) is 8.39. The Morgan fingerprint density at radius 1 is 1.69 bits per heavy atom. The SMILES string of the molecule is C=C(NCC)c1cnc(C)c(O)c1. The van der Waals surface area contributed by atoms with Gasteiger partial charge in [-0.25, -0.2) is 0 Å². The Labute approximate surface area is 78.1 Å². The molecule has 0 radical (unpaired) electrons. The van der Waals surface area contributed by atoms with Crippen LogP contribution in [0.1, 0.15) is 18.2 Å². The molecule has 70 valence electrons. The van der Waals surface area contributed by atoms with Crippen molar-refractivity contribution in [1.29, 1.82) is 0 Å². The number of aromatic hydroxyl groups is 1. The number of hydrogen-bond acceptors (Lipinski definition) is 3. The summed E-state index contributed by atoms with van der Waals surface area (Å²) in [6.07, 6.45) is 1.69. The molecule has 0 aliphatic heterocycles. The first-order valence-electron chi connectivity index (χ1n) is 4.24. The van der Waals surface area contributed by atoms with Crippen LogP contribution in [-0.2, 0) is 0 Å². The van der Waals surface area contributed by atoms with Gasteiger partial charge in [0.05, 0.1) is 5.69 Å². The molecule has 0 unspecified atom stereocenters. The molecule has 1 aromatic rings. The van der Waals surface area contributed by atoms with Crippen LogP contribution in [0, 0.1) is 6.92 Å². The molecule has 0 saturated carbocycles. The Bertz CT molecular complexity index is 321. The van der Waals surface area contributed by atoms with Crippen molar-refractivity contribution in [2.75, 3.05) is 6.54 Å². The van der Waals surface area contributed by atoms with E-state index in [0.717, 1.165) is 17.8 Å². The topological polar surface area (TPSA) is 45.2 Å². The fraction of sp³-hybridized carbons (Fsp3) is 0.300. The van der Waals surface area contributed by atoms with Crippen molar-refractivity contribution in [3.05, 3.63) is 30.1 Å². The number of nitrogens with zero attached hydrogens (tertiary/aromatic N) is 1. The van der Waals surface area contributed by atoms with Crippen molar-refractivity contribution >= 4 is 5.70 Å². The lowest BCUT2D eigenvalue weighted by molar-refractivity contribution is 0.467. The van der Waals surface area contributed by atoms with Crippen molar-refractivity contribution in [3.8, 4) is 5.75 Å². The summed E-state index contributed by atoms with van der Waals surface area (Å²) >= 11 is 0. The van der Waals surface area contributed by atoms with Crippen LogP contribution in [0.25, 0.3) is 5.70 Å². The summed E-state index contributed by atoms with van der Waals surface area (Å²) < 4.78 is 0. The lowest BCUT2D eigenvalue weighted by Gasteiger charge is -2.07. The van der Waals surface area contributed by atoms with Gasteiger partial charge >= 0.3 is 0 Å². The van der Waals surface area contributed by atoms with Gasteiger partial charge in [0.25, 0.3) is 0 Å². The summed E-state index contributed by atoms with van der Waals surface area (Å²) in [5.74, 6) is 0.205. The molecule has 1 heterocycles. The average molecular weight is 178 g/mol. The van der Waals surface area contributed by atoms with Gasteiger partial charge in [-0.05, 0) is 19.9 Å². The van der Waals surface area contributed by atoms with Gasteiger partial charge in [0.15, 0.2) is 0 Å². The van der Waals surface area contributed by atoms with E-state index in [9.17, 15) is 5.11 Å². The molecule has 0 spiro atoms. The van der Waals surface area contributed by atoms with Crippen LogP contribution in [0.15, 0.2) is 18.8 Å². The minimum Gasteiger partial charge on any atom is -0.506 e. The smallest absolute Gasteiger partial charge is 0.137 e. The molecule has 0 atom stereocenters. The second kappa shape index (κ2) is 3.94. The van der Waals surface area contributed by atoms with Crippen molar-refractivity contribution < 1.29 is 5.11 Å². The van der Waals surface area contributed by atoms with Crippen molar-refractivity contribution in [2.24, 2.45) is 0 Å². The number of aromatic nitrogens is 1. The van der Waals surface area contributed by atoms with E-state index < -0.39 is 0 Å². The molecule has 0 saturated heterocycles. The first-order valence-corrected chi connectivity index (χ1v) is 4.24. The number of nitrogens with one attached hydrogen (secondary N) is 1. The van der Waals surface area contributed by atoms with Gasteiger partial charge in [0, 0.05) is 24.0 Å². The number of rotatable bonds is 3. The van der Waals surface area contributed by atoms with Gasteiger partial charge in [-0.1, -0.05) is 6.58 Å². The minimum absolute atomic E-state index is 0.205. The molecule has 1 rings (SSSR count). The van der Waals surface area contributed by atoms with Gasteiger partial charge in [0.1, 0.15) is 5.75 Å². The van der Waals surface area contributed by atoms with Gasteiger partial charge < -0.3 is 10.4 Å². The Morgan fingerprint density at radius 3 is 2.92 bits per heavy atom. The van der Waals surface area contributed by atoms with Crippen LogP contribution in [0.3, 0.4) is 0 Å². The highest BCUT2D eigenvalue weighted by Crippen LogP contribution is 2.17. The molecule has 3 heteroatoms. The summed E-state index contributed by atoms with van der Waals surface area (Å²) in [6, 6.07) is 1.66. The van der Waals surface area contributed by atoms with E-state index in [4.69, 9.17) is 0 Å². The monoisotopic (exact) mass is 178 g/mol. The normalized spacial score (nSPS) is 9.69. The molecule has 0 aromatic carbocycles. The molecule has 0 amide bonds. The van der Waals surface area contributed by atoms with Gasteiger partial charge in [-0.3, -0.25) is 4.98 Å². The standard InChI is InChI=1S/C10H14N2O/c1-4-11-7(2)9-5-10(13)8(3)12-6-9/h5-6,11,13H,2,4H2,1,3H3. The molecule has 0 fully saturated rings. The highest BCUT2D eigenvalue weighted by Gasteiger charge is 2.01. The Hall–Kier alpha value is -1.51. The molecule has 0 aliphatic carbocycles. The van der Waals surface area contributed by atoms with Crippen LogP contribution in [0.2, 0.25) is 0 Å². The largest absolute Gasteiger partial charge is 0.506 e. The lowest BCUT2D eigenvalue weighted by Crippen LogP contribution is -2.09. The second-order valence-electron chi connectivity index (χ2n) is 2.84. The fourth-order valence-electron chi connectivity index (χ4n) is 1.00. The summed E-state index contributed by atoms with van der Waals surface area (Å²) in [7, 11) is 0. The predicted octanol–water partition coefficient (Wildman–Crippen LogP) is 1.68. The van der Waals surface area contributed by atoms with Crippen molar-refractivity contribution in [3.63, 3.8) is 0 Å². The number of hydrogen-bond donors (Lipinski definition) is 2. The van der Waals surface area contributed by atoms with Gasteiger partial charge in [0.2, 0.25) is 0 Å².